The Morgan fingerprint density at radius 2 is 1.85 bits per heavy atom. The number of carbonyl (C=O) groups excluding carboxylic acids is 1. The van der Waals surface area contributed by atoms with Crippen molar-refractivity contribution in [2.45, 2.75) is 9.24 Å². The summed E-state index contributed by atoms with van der Waals surface area (Å²) < 4.78 is 2.13. The molecule has 7 heteroatoms. The van der Waals surface area contributed by atoms with E-state index in [1.165, 1.54) is 18.2 Å². The first-order valence-corrected chi connectivity index (χ1v) is 10.0. The number of amides is 1. The van der Waals surface area contributed by atoms with E-state index in [2.05, 4.69) is 16.4 Å². The maximum absolute atomic E-state index is 12.3. The fourth-order valence-corrected chi connectivity index (χ4v) is 4.70. The smallest absolute Gasteiger partial charge is 0.259 e. The number of phenolic OH excluding ortho intramolecular Hbond substituents is 1. The Hall–Kier alpha value is -2.54. The lowest BCUT2D eigenvalue weighted by molar-refractivity contribution is 0.102. The van der Waals surface area contributed by atoms with Gasteiger partial charge in [-0.3, -0.25) is 4.79 Å². The first-order valence-electron chi connectivity index (χ1n) is 8.02. The van der Waals surface area contributed by atoms with Gasteiger partial charge in [0, 0.05) is 15.6 Å². The van der Waals surface area contributed by atoms with Gasteiger partial charge in [-0.05, 0) is 54.6 Å². The summed E-state index contributed by atoms with van der Waals surface area (Å²) in [7, 11) is 0. The number of hydrogen-bond donors (Lipinski definition) is 2. The normalized spacial score (nSPS) is 10.9. The number of aromatic nitrogens is 1. The van der Waals surface area contributed by atoms with Gasteiger partial charge in [0.2, 0.25) is 0 Å². The monoisotopic (exact) mass is 412 g/mol. The minimum Gasteiger partial charge on any atom is -0.507 e. The largest absolute Gasteiger partial charge is 0.507 e. The third-order valence-corrected chi connectivity index (χ3v) is 6.13. The zero-order valence-electron chi connectivity index (χ0n) is 13.8. The highest BCUT2D eigenvalue weighted by atomic mass is 35.5. The van der Waals surface area contributed by atoms with Crippen molar-refractivity contribution in [1.82, 2.24) is 4.98 Å². The van der Waals surface area contributed by atoms with E-state index in [1.807, 2.05) is 42.5 Å². The van der Waals surface area contributed by atoms with Crippen molar-refractivity contribution in [1.29, 1.82) is 0 Å². The molecule has 0 aliphatic rings. The number of thiazole rings is 1. The second kappa shape index (κ2) is 7.60. The molecular formula is C20H13ClN2O2S2. The SMILES string of the molecule is O=C(Nc1ccc(Sc2nc3ccccc3s2)cc1)c1cc(Cl)ccc1O. The molecule has 4 aromatic rings. The number of rotatable bonds is 4. The molecule has 0 fully saturated rings. The van der Waals surface area contributed by atoms with Gasteiger partial charge in [0.25, 0.3) is 5.91 Å². The third-order valence-electron chi connectivity index (χ3n) is 3.79. The average Bonchev–Trinajstić information content (AvgIpc) is 3.07. The fraction of sp³-hybridized carbons (Fsp3) is 0. The minimum absolute atomic E-state index is 0.111. The van der Waals surface area contributed by atoms with Crippen LogP contribution >= 0.6 is 34.7 Å². The summed E-state index contributed by atoms with van der Waals surface area (Å²) in [6.07, 6.45) is 0. The van der Waals surface area contributed by atoms with Crippen molar-refractivity contribution in [2.24, 2.45) is 0 Å². The van der Waals surface area contributed by atoms with Gasteiger partial charge >= 0.3 is 0 Å². The molecule has 134 valence electrons. The highest BCUT2D eigenvalue weighted by Crippen LogP contribution is 2.34. The van der Waals surface area contributed by atoms with Crippen LogP contribution in [0.1, 0.15) is 10.4 Å². The predicted octanol–water partition coefficient (Wildman–Crippen LogP) is 6.06. The standard InChI is InChI=1S/C20H13ClN2O2S2/c21-12-5-10-17(24)15(11-12)19(25)22-13-6-8-14(9-7-13)26-20-23-16-3-1-2-4-18(16)27-20/h1-11,24H,(H,22,25). The molecule has 0 bridgehead atoms. The van der Waals surface area contributed by atoms with Gasteiger partial charge in [0.05, 0.1) is 15.8 Å². The Morgan fingerprint density at radius 1 is 1.07 bits per heavy atom. The van der Waals surface area contributed by atoms with Crippen LogP contribution in [0.2, 0.25) is 5.02 Å². The molecule has 4 nitrogen and oxygen atoms in total. The van der Waals surface area contributed by atoms with E-state index in [0.717, 1.165) is 19.5 Å². The molecule has 0 saturated heterocycles. The van der Waals surface area contributed by atoms with Crippen LogP contribution in [0.25, 0.3) is 10.2 Å². The number of anilines is 1. The molecule has 0 atom stereocenters. The quantitative estimate of drug-likeness (QED) is 0.427. The Morgan fingerprint density at radius 3 is 2.63 bits per heavy atom. The van der Waals surface area contributed by atoms with Crippen molar-refractivity contribution in [2.75, 3.05) is 5.32 Å². The molecule has 2 N–H and O–H groups in total. The van der Waals surface area contributed by atoms with Gasteiger partial charge in [-0.15, -0.1) is 11.3 Å². The van der Waals surface area contributed by atoms with Crippen molar-refractivity contribution in [3.63, 3.8) is 0 Å². The molecule has 0 spiro atoms. The van der Waals surface area contributed by atoms with Crippen molar-refractivity contribution >= 4 is 56.5 Å². The maximum atomic E-state index is 12.3. The van der Waals surface area contributed by atoms with Crippen LogP contribution < -0.4 is 5.32 Å². The number of carbonyl (C=O) groups is 1. The van der Waals surface area contributed by atoms with Gasteiger partial charge in [0.1, 0.15) is 5.75 Å². The number of nitrogens with zero attached hydrogens (tertiary/aromatic N) is 1. The first-order chi connectivity index (χ1) is 13.1. The molecule has 1 heterocycles. The summed E-state index contributed by atoms with van der Waals surface area (Å²) in [5.74, 6) is -0.526. The number of phenols is 1. The molecule has 3 aromatic carbocycles. The van der Waals surface area contributed by atoms with E-state index < -0.39 is 5.91 Å². The van der Waals surface area contributed by atoms with Crippen LogP contribution in [-0.2, 0) is 0 Å². The Balaban J connectivity index is 1.47. The highest BCUT2D eigenvalue weighted by molar-refractivity contribution is 8.01. The van der Waals surface area contributed by atoms with Gasteiger partial charge < -0.3 is 10.4 Å². The van der Waals surface area contributed by atoms with Crippen LogP contribution in [0.15, 0.2) is 76.0 Å². The average molecular weight is 413 g/mol. The van der Waals surface area contributed by atoms with Crippen molar-refractivity contribution in [3.05, 3.63) is 77.3 Å². The predicted molar refractivity (Wildman–Crippen MR) is 111 cm³/mol. The number of aromatic hydroxyl groups is 1. The lowest BCUT2D eigenvalue weighted by atomic mass is 10.2. The van der Waals surface area contributed by atoms with Crippen LogP contribution in [0.4, 0.5) is 5.69 Å². The number of fused-ring (bicyclic) bond motifs is 1. The lowest BCUT2D eigenvalue weighted by Crippen LogP contribution is -2.12. The third kappa shape index (κ3) is 4.08. The molecule has 4 rings (SSSR count). The lowest BCUT2D eigenvalue weighted by Gasteiger charge is -2.08. The summed E-state index contributed by atoms with van der Waals surface area (Å²) in [5, 5.41) is 13.0. The van der Waals surface area contributed by atoms with Crippen LogP contribution in [0.5, 0.6) is 5.75 Å². The van der Waals surface area contributed by atoms with Crippen LogP contribution in [-0.4, -0.2) is 16.0 Å². The number of para-hydroxylation sites is 1. The Bertz CT molecular complexity index is 1090. The fourth-order valence-electron chi connectivity index (χ4n) is 2.49. The summed E-state index contributed by atoms with van der Waals surface area (Å²) in [6.45, 7) is 0. The van der Waals surface area contributed by atoms with E-state index in [9.17, 15) is 9.90 Å². The van der Waals surface area contributed by atoms with Crippen molar-refractivity contribution < 1.29 is 9.90 Å². The van der Waals surface area contributed by atoms with Crippen molar-refractivity contribution in [3.8, 4) is 5.75 Å². The molecule has 1 amide bonds. The van der Waals surface area contributed by atoms with E-state index in [0.29, 0.717) is 10.7 Å². The summed E-state index contributed by atoms with van der Waals surface area (Å²) >= 11 is 9.12. The molecule has 0 aliphatic heterocycles. The molecular weight excluding hydrogens is 400 g/mol. The second-order valence-corrected chi connectivity index (χ2v) is 8.48. The van der Waals surface area contributed by atoms with E-state index in [1.54, 1.807) is 23.1 Å². The van der Waals surface area contributed by atoms with E-state index in [-0.39, 0.29) is 11.3 Å². The zero-order chi connectivity index (χ0) is 18.8. The molecule has 0 radical (unpaired) electrons. The van der Waals surface area contributed by atoms with Gasteiger partial charge in [0.15, 0.2) is 4.34 Å². The number of hydrogen-bond acceptors (Lipinski definition) is 5. The molecule has 0 saturated carbocycles. The number of nitrogens with one attached hydrogen (secondary N) is 1. The van der Waals surface area contributed by atoms with Gasteiger partial charge in [-0.2, -0.15) is 0 Å². The topological polar surface area (TPSA) is 62.2 Å². The Labute approximate surface area is 168 Å². The minimum atomic E-state index is -0.415. The maximum Gasteiger partial charge on any atom is 0.259 e. The Kier molecular flexibility index (Phi) is 5.03. The van der Waals surface area contributed by atoms with Crippen LogP contribution in [0.3, 0.4) is 0 Å². The second-order valence-electron chi connectivity index (χ2n) is 5.69. The molecule has 1 aromatic heterocycles. The van der Waals surface area contributed by atoms with Gasteiger partial charge in [-0.1, -0.05) is 35.5 Å². The summed E-state index contributed by atoms with van der Waals surface area (Å²) in [5.41, 5.74) is 1.76. The first kappa shape index (κ1) is 17.9. The zero-order valence-corrected chi connectivity index (χ0v) is 16.2. The number of halogens is 1. The van der Waals surface area contributed by atoms with Crippen LogP contribution in [0, 0.1) is 0 Å². The highest BCUT2D eigenvalue weighted by Gasteiger charge is 2.12. The summed E-state index contributed by atoms with van der Waals surface area (Å²) in [6, 6.07) is 19.9. The summed E-state index contributed by atoms with van der Waals surface area (Å²) in [4.78, 5) is 18.0. The van der Waals surface area contributed by atoms with Gasteiger partial charge in [-0.25, -0.2) is 4.98 Å². The number of benzene rings is 3. The van der Waals surface area contributed by atoms with E-state index in [4.69, 9.17) is 11.6 Å². The molecule has 0 unspecified atom stereocenters. The molecule has 0 aliphatic carbocycles. The molecule has 27 heavy (non-hydrogen) atoms. The van der Waals surface area contributed by atoms with E-state index >= 15 is 0 Å².